The first kappa shape index (κ1) is 25.7. The largest absolute Gasteiger partial charge is 0.505 e. The summed E-state index contributed by atoms with van der Waals surface area (Å²) < 4.78 is 81.2. The molecule has 0 aromatic heterocycles. The summed E-state index contributed by atoms with van der Waals surface area (Å²) in [4.78, 5) is -0.760. The highest BCUT2D eigenvalue weighted by Gasteiger charge is 2.22. The Hall–Kier alpha value is -2.95. The number of sulfone groups is 1. The summed E-state index contributed by atoms with van der Waals surface area (Å²) in [6, 6.07) is 10.9. The lowest BCUT2D eigenvalue weighted by atomic mass is 10.1. The maximum absolute atomic E-state index is 12.2. The average molecular weight is 530 g/mol. The zero-order valence-electron chi connectivity index (χ0n) is 17.4. The van der Waals surface area contributed by atoms with Crippen LogP contribution < -0.4 is 5.32 Å². The molecule has 0 saturated heterocycles. The first-order chi connectivity index (χ1) is 15.9. The van der Waals surface area contributed by atoms with Crippen LogP contribution in [0.1, 0.15) is 0 Å². The molecule has 1 atom stereocenters. The number of nitrogens with zero attached hydrogens (tertiary/aromatic N) is 2. The predicted octanol–water partition coefficient (Wildman–Crippen LogP) is 3.18. The fourth-order valence-corrected chi connectivity index (χ4v) is 5.03. The molecule has 0 spiro atoms. The van der Waals surface area contributed by atoms with Crippen molar-refractivity contribution in [3.8, 4) is 5.75 Å². The number of fused-ring (bicyclic) bond motifs is 1. The molecule has 12 nitrogen and oxygen atoms in total. The number of hydrogen-bond donors (Lipinski definition) is 4. The van der Waals surface area contributed by atoms with Gasteiger partial charge in [-0.1, -0.05) is 6.07 Å². The Kier molecular flexibility index (Phi) is 7.64. The maximum Gasteiger partial charge on any atom is 0.301 e. The van der Waals surface area contributed by atoms with Gasteiger partial charge >= 0.3 is 11.4 Å². The van der Waals surface area contributed by atoms with Gasteiger partial charge in [0.05, 0.1) is 22.9 Å². The van der Waals surface area contributed by atoms with E-state index in [2.05, 4.69) is 19.7 Å². The molecule has 0 amide bonds. The third-order valence-corrected chi connectivity index (χ3v) is 7.55. The number of azo groups is 1. The van der Waals surface area contributed by atoms with E-state index >= 15 is 0 Å². The Morgan fingerprint density at radius 1 is 1.03 bits per heavy atom. The Balaban J connectivity index is 1.97. The zero-order valence-corrected chi connectivity index (χ0v) is 19.9. The summed E-state index contributed by atoms with van der Waals surface area (Å²) in [5.74, 6) is -1.05. The minimum absolute atomic E-state index is 0.106. The second-order valence-corrected chi connectivity index (χ2v) is 11.0. The van der Waals surface area contributed by atoms with Gasteiger partial charge < -0.3 is 10.4 Å². The number of benzene rings is 3. The molecule has 0 aliphatic rings. The molecule has 15 heteroatoms. The smallest absolute Gasteiger partial charge is 0.301 e. The topological polar surface area (TPSA) is 192 Å². The van der Waals surface area contributed by atoms with E-state index in [-0.39, 0.29) is 16.0 Å². The highest BCUT2D eigenvalue weighted by molar-refractivity contribution is 7.91. The first-order valence-corrected chi connectivity index (χ1v) is 13.5. The van der Waals surface area contributed by atoms with E-state index in [0.29, 0.717) is 11.1 Å². The first-order valence-electron chi connectivity index (χ1n) is 9.36. The van der Waals surface area contributed by atoms with Crippen LogP contribution in [0.4, 0.5) is 17.1 Å². The van der Waals surface area contributed by atoms with Crippen LogP contribution in [-0.2, 0) is 35.5 Å². The number of phenolic OH excluding ortho intramolecular Hbond substituents is 1. The molecule has 182 valence electrons. The third-order valence-electron chi connectivity index (χ3n) is 4.62. The van der Waals surface area contributed by atoms with Crippen molar-refractivity contribution in [2.75, 3.05) is 24.7 Å². The zero-order chi connectivity index (χ0) is 25.1. The quantitative estimate of drug-likeness (QED) is 0.182. The van der Waals surface area contributed by atoms with Crippen molar-refractivity contribution in [2.45, 2.75) is 9.79 Å². The number of aromatic hydroxyl groups is 1. The van der Waals surface area contributed by atoms with Crippen LogP contribution in [0.3, 0.4) is 0 Å². The summed E-state index contributed by atoms with van der Waals surface area (Å²) in [6.45, 7) is -0.484. The lowest BCUT2D eigenvalue weighted by molar-refractivity contribution is 0.326. The molecule has 0 saturated carbocycles. The van der Waals surface area contributed by atoms with Gasteiger partial charge in [0.25, 0.3) is 10.1 Å². The normalized spacial score (nSPS) is 13.4. The molecule has 1 unspecified atom stereocenters. The minimum Gasteiger partial charge on any atom is -0.505 e. The average Bonchev–Trinajstić information content (AvgIpc) is 2.77. The van der Waals surface area contributed by atoms with Gasteiger partial charge in [-0.15, -0.1) is 5.11 Å². The standard InChI is InChI=1S/C19H19N3O9S3/c1-20-14-3-2-12-10-17(34(28,29)30)18(19(23)16(12)11-14)22-21-13-4-6-15(7-5-13)33(26,27)9-8-31-32(24)25/h2-7,10-11,20,23H,8-9H2,1H3,(H,24,25)(H,28,29,30)/b22-21+. The molecular formula is C19H19N3O9S3. The molecule has 3 aromatic carbocycles. The fourth-order valence-electron chi connectivity index (χ4n) is 2.95. The Labute approximate surface area is 197 Å². The van der Waals surface area contributed by atoms with Crippen molar-refractivity contribution in [2.24, 2.45) is 10.2 Å². The van der Waals surface area contributed by atoms with Crippen molar-refractivity contribution in [1.82, 2.24) is 0 Å². The van der Waals surface area contributed by atoms with Crippen molar-refractivity contribution in [1.29, 1.82) is 0 Å². The van der Waals surface area contributed by atoms with Gasteiger partial charge in [-0.05, 0) is 47.9 Å². The fraction of sp³-hybridized carbons (Fsp3) is 0.158. The molecule has 34 heavy (non-hydrogen) atoms. The summed E-state index contributed by atoms with van der Waals surface area (Å²) in [7, 11) is -6.91. The van der Waals surface area contributed by atoms with Crippen LogP contribution in [0.5, 0.6) is 5.75 Å². The summed E-state index contributed by atoms with van der Waals surface area (Å²) in [5.41, 5.74) is 0.267. The molecule has 0 heterocycles. The maximum atomic E-state index is 12.2. The third kappa shape index (κ3) is 5.94. The van der Waals surface area contributed by atoms with Gasteiger partial charge in [-0.2, -0.15) is 17.7 Å². The van der Waals surface area contributed by atoms with Gasteiger partial charge in [0, 0.05) is 18.1 Å². The van der Waals surface area contributed by atoms with E-state index in [1.54, 1.807) is 25.2 Å². The number of anilines is 1. The van der Waals surface area contributed by atoms with Gasteiger partial charge in [0.15, 0.2) is 15.6 Å². The number of hydrogen-bond acceptors (Lipinski definition) is 10. The highest BCUT2D eigenvalue weighted by Crippen LogP contribution is 2.42. The van der Waals surface area contributed by atoms with E-state index < -0.39 is 60.0 Å². The summed E-state index contributed by atoms with van der Waals surface area (Å²) in [6.07, 6.45) is 0. The van der Waals surface area contributed by atoms with Crippen molar-refractivity contribution >= 4 is 59.2 Å². The molecule has 0 radical (unpaired) electrons. The van der Waals surface area contributed by atoms with Crippen LogP contribution in [-0.4, -0.2) is 54.7 Å². The Morgan fingerprint density at radius 3 is 2.29 bits per heavy atom. The summed E-state index contributed by atoms with van der Waals surface area (Å²) >= 11 is -2.58. The van der Waals surface area contributed by atoms with Crippen molar-refractivity contribution in [3.05, 3.63) is 48.5 Å². The Morgan fingerprint density at radius 2 is 1.71 bits per heavy atom. The lowest BCUT2D eigenvalue weighted by Gasteiger charge is -2.10. The SMILES string of the molecule is CNc1ccc2cc(S(=O)(=O)O)c(/N=N/c3ccc(S(=O)(=O)CCOS(=O)O)cc3)c(O)c2c1. The van der Waals surface area contributed by atoms with Crippen LogP contribution in [0.2, 0.25) is 0 Å². The molecule has 3 aromatic rings. The summed E-state index contributed by atoms with van der Waals surface area (Å²) in [5, 5.41) is 21.8. The molecule has 0 aliphatic carbocycles. The Bertz CT molecular complexity index is 1490. The van der Waals surface area contributed by atoms with Crippen molar-refractivity contribution in [3.63, 3.8) is 0 Å². The molecule has 0 fully saturated rings. The van der Waals surface area contributed by atoms with Crippen molar-refractivity contribution < 1.29 is 39.4 Å². The second-order valence-electron chi connectivity index (χ2n) is 6.78. The van der Waals surface area contributed by atoms with Crippen LogP contribution in [0.15, 0.2) is 68.6 Å². The van der Waals surface area contributed by atoms with Crippen LogP contribution in [0.25, 0.3) is 10.8 Å². The highest BCUT2D eigenvalue weighted by atomic mass is 32.2. The van der Waals surface area contributed by atoms with E-state index in [9.17, 15) is 30.7 Å². The molecule has 0 bridgehead atoms. The van der Waals surface area contributed by atoms with E-state index in [4.69, 9.17) is 4.55 Å². The van der Waals surface area contributed by atoms with E-state index in [1.165, 1.54) is 24.3 Å². The molecule has 0 aliphatic heterocycles. The van der Waals surface area contributed by atoms with Gasteiger partial charge in [0.1, 0.15) is 10.6 Å². The van der Waals surface area contributed by atoms with E-state index in [0.717, 1.165) is 6.07 Å². The van der Waals surface area contributed by atoms with Gasteiger partial charge in [-0.25, -0.2) is 8.42 Å². The van der Waals surface area contributed by atoms with Crippen LogP contribution >= 0.6 is 0 Å². The molecular weight excluding hydrogens is 510 g/mol. The molecule has 3 rings (SSSR count). The monoisotopic (exact) mass is 529 g/mol. The van der Waals surface area contributed by atoms with Crippen LogP contribution in [0, 0.1) is 0 Å². The lowest BCUT2D eigenvalue weighted by Crippen LogP contribution is -2.13. The number of phenols is 1. The van der Waals surface area contributed by atoms with Gasteiger partial charge in [-0.3, -0.25) is 13.3 Å². The molecule has 4 N–H and O–H groups in total. The second kappa shape index (κ2) is 10.1. The predicted molar refractivity (Wildman–Crippen MR) is 124 cm³/mol. The minimum atomic E-state index is -4.77. The number of rotatable bonds is 9. The van der Waals surface area contributed by atoms with E-state index in [1.807, 2.05) is 0 Å². The van der Waals surface area contributed by atoms with Gasteiger partial charge in [0.2, 0.25) is 0 Å². The number of nitrogens with one attached hydrogen (secondary N) is 1.